The number of rotatable bonds is 4. The molecule has 4 aromatic heterocycles. The molecule has 1 N–H and O–H groups in total. The van der Waals surface area contributed by atoms with Crippen molar-refractivity contribution in [3.8, 4) is 39.8 Å². The molecule has 4 heterocycles. The molecule has 0 aliphatic carbocycles. The Bertz CT molecular complexity index is 2210. The summed E-state index contributed by atoms with van der Waals surface area (Å²) in [4.78, 5) is 13.6. The van der Waals surface area contributed by atoms with E-state index in [1.807, 2.05) is 108 Å². The highest BCUT2D eigenvalue weighted by molar-refractivity contribution is 6.02. The predicted molar refractivity (Wildman–Crippen MR) is 162 cm³/mol. The summed E-state index contributed by atoms with van der Waals surface area (Å²) in [5.41, 5.74) is 8.74. The number of imidazole rings is 1. The van der Waals surface area contributed by atoms with E-state index in [0.29, 0.717) is 28.6 Å². The van der Waals surface area contributed by atoms with E-state index >= 15 is 0 Å². The maximum Gasteiger partial charge on any atom is 0.228 e. The molecule has 0 spiro atoms. The molecule has 0 amide bonds. The van der Waals surface area contributed by atoms with Crippen LogP contribution in [0, 0.1) is 0 Å². The Morgan fingerprint density at radius 3 is 2.36 bits per heavy atom. The summed E-state index contributed by atoms with van der Waals surface area (Å²) >= 11 is 0. The second-order valence-electron chi connectivity index (χ2n) is 10.1. The molecule has 9 rings (SSSR count). The third-order valence-electron chi connectivity index (χ3n) is 7.66. The summed E-state index contributed by atoms with van der Waals surface area (Å²) in [6, 6.07) is 35.8. The lowest BCUT2D eigenvalue weighted by atomic mass is 9.94. The molecule has 0 unspecified atom stereocenters. The first kappa shape index (κ1) is 22.8. The van der Waals surface area contributed by atoms with Crippen LogP contribution in [-0.4, -0.2) is 29.9 Å². The van der Waals surface area contributed by atoms with Crippen molar-refractivity contribution in [1.29, 1.82) is 0 Å². The van der Waals surface area contributed by atoms with Crippen LogP contribution in [0.5, 0.6) is 0 Å². The Labute approximate surface area is 237 Å². The number of hydrogen-bond donors (Lipinski definition) is 1. The number of aromatic nitrogens is 6. The molecule has 42 heavy (non-hydrogen) atoms. The first-order valence-electron chi connectivity index (χ1n) is 13.6. The highest BCUT2D eigenvalue weighted by Gasteiger charge is 2.28. The molecular formula is C34H20N6O2. The largest absolute Gasteiger partial charge is 0.436 e. The van der Waals surface area contributed by atoms with Crippen molar-refractivity contribution >= 4 is 44.0 Å². The van der Waals surface area contributed by atoms with Crippen LogP contribution in [0.2, 0.25) is 0 Å². The van der Waals surface area contributed by atoms with E-state index in [1.54, 1.807) is 0 Å². The molecule has 0 aliphatic heterocycles. The zero-order valence-electron chi connectivity index (χ0n) is 22.0. The number of fused-ring (bicyclic) bond motifs is 4. The molecule has 0 saturated carbocycles. The van der Waals surface area contributed by atoms with Crippen molar-refractivity contribution in [2.75, 3.05) is 0 Å². The summed E-state index contributed by atoms with van der Waals surface area (Å²) in [5.74, 6) is 1.12. The molecule has 8 nitrogen and oxygen atoms in total. The van der Waals surface area contributed by atoms with Gasteiger partial charge >= 0.3 is 0 Å². The lowest BCUT2D eigenvalue weighted by Crippen LogP contribution is -2.03. The number of oxazole rings is 1. The molecule has 0 atom stereocenters. The number of para-hydroxylation sites is 6. The zero-order valence-corrected chi connectivity index (χ0v) is 22.0. The molecule has 5 aromatic carbocycles. The molecule has 9 aromatic rings. The lowest BCUT2D eigenvalue weighted by Gasteiger charge is -2.16. The van der Waals surface area contributed by atoms with Gasteiger partial charge in [-0.05, 0) is 54.6 Å². The summed E-state index contributed by atoms with van der Waals surface area (Å²) in [6.07, 6.45) is 1.87. The van der Waals surface area contributed by atoms with Crippen molar-refractivity contribution in [3.63, 3.8) is 0 Å². The summed E-state index contributed by atoms with van der Waals surface area (Å²) in [7, 11) is 0. The van der Waals surface area contributed by atoms with E-state index in [2.05, 4.69) is 22.3 Å². The standard InChI is InChI=1S/C34H20N6O2/c1-6-14-26-20(9-1)19-35-40(26)27-18-17-22(32-21-10-2-7-15-28(21)42-39-32)30(34-38-25-13-5-8-16-29(25)41-34)31(27)33-36-23-11-3-4-12-24(23)37-33/h1-19H,(H,36,37). The first-order chi connectivity index (χ1) is 20.8. The third kappa shape index (κ3) is 3.35. The van der Waals surface area contributed by atoms with Gasteiger partial charge in [-0.2, -0.15) is 5.10 Å². The van der Waals surface area contributed by atoms with Crippen molar-refractivity contribution in [2.45, 2.75) is 0 Å². The van der Waals surface area contributed by atoms with E-state index in [4.69, 9.17) is 24.0 Å². The minimum Gasteiger partial charge on any atom is -0.436 e. The number of benzene rings is 5. The van der Waals surface area contributed by atoms with Gasteiger partial charge in [-0.15, -0.1) is 0 Å². The van der Waals surface area contributed by atoms with Crippen molar-refractivity contribution < 1.29 is 8.94 Å². The highest BCUT2D eigenvalue weighted by atomic mass is 16.5. The molecule has 0 saturated heterocycles. The van der Waals surface area contributed by atoms with Crippen LogP contribution in [0.25, 0.3) is 83.8 Å². The molecule has 0 fully saturated rings. The number of nitrogens with zero attached hydrogens (tertiary/aromatic N) is 5. The highest BCUT2D eigenvalue weighted by Crippen LogP contribution is 2.45. The van der Waals surface area contributed by atoms with Crippen LogP contribution < -0.4 is 0 Å². The number of aromatic amines is 1. The fourth-order valence-corrected chi connectivity index (χ4v) is 5.72. The fourth-order valence-electron chi connectivity index (χ4n) is 5.72. The van der Waals surface area contributed by atoms with E-state index in [-0.39, 0.29) is 0 Å². The van der Waals surface area contributed by atoms with Crippen LogP contribution in [0.15, 0.2) is 124 Å². The van der Waals surface area contributed by atoms with E-state index in [9.17, 15) is 0 Å². The van der Waals surface area contributed by atoms with Crippen molar-refractivity contribution in [1.82, 2.24) is 29.9 Å². The van der Waals surface area contributed by atoms with Gasteiger partial charge < -0.3 is 13.9 Å². The van der Waals surface area contributed by atoms with E-state index in [0.717, 1.165) is 55.2 Å². The van der Waals surface area contributed by atoms with Crippen LogP contribution in [0.3, 0.4) is 0 Å². The minimum absolute atomic E-state index is 0.451. The van der Waals surface area contributed by atoms with Crippen LogP contribution >= 0.6 is 0 Å². The average molecular weight is 545 g/mol. The predicted octanol–water partition coefficient (Wildman–Crippen LogP) is 8.19. The van der Waals surface area contributed by atoms with Gasteiger partial charge in [-0.25, -0.2) is 14.6 Å². The summed E-state index contributed by atoms with van der Waals surface area (Å²) in [6.45, 7) is 0. The molecule has 0 aliphatic rings. The molecule has 198 valence electrons. The van der Waals surface area contributed by atoms with Gasteiger partial charge in [-0.1, -0.05) is 59.8 Å². The summed E-state index contributed by atoms with van der Waals surface area (Å²) < 4.78 is 14.2. The maximum absolute atomic E-state index is 6.46. The average Bonchev–Trinajstić information content (AvgIpc) is 3.84. The van der Waals surface area contributed by atoms with Crippen LogP contribution in [0.4, 0.5) is 0 Å². The number of nitrogens with one attached hydrogen (secondary N) is 1. The number of H-pyrrole nitrogens is 1. The van der Waals surface area contributed by atoms with E-state index < -0.39 is 0 Å². The van der Waals surface area contributed by atoms with Gasteiger partial charge in [0.1, 0.15) is 17.0 Å². The molecule has 0 radical (unpaired) electrons. The zero-order chi connectivity index (χ0) is 27.6. The Morgan fingerprint density at radius 2 is 1.45 bits per heavy atom. The SMILES string of the molecule is c1ccc2c(c1)cnn2-c1ccc(-c2noc3ccccc23)c(-c2nc3ccccc3o2)c1-c1nc2ccccc2[nH]1. The van der Waals surface area contributed by atoms with Gasteiger partial charge in [-0.3, -0.25) is 0 Å². The Hall–Kier alpha value is -6.02. The van der Waals surface area contributed by atoms with Gasteiger partial charge in [0.05, 0.1) is 39.6 Å². The Kier molecular flexibility index (Phi) is 4.74. The van der Waals surface area contributed by atoms with Crippen molar-refractivity contribution in [2.24, 2.45) is 0 Å². The molecule has 8 heteroatoms. The maximum atomic E-state index is 6.46. The van der Waals surface area contributed by atoms with Gasteiger partial charge in [0.15, 0.2) is 11.2 Å². The van der Waals surface area contributed by atoms with Crippen LogP contribution in [0.1, 0.15) is 0 Å². The minimum atomic E-state index is 0.451. The second kappa shape index (κ2) is 8.74. The smallest absolute Gasteiger partial charge is 0.228 e. The third-order valence-corrected chi connectivity index (χ3v) is 7.66. The summed E-state index contributed by atoms with van der Waals surface area (Å²) in [5, 5.41) is 11.3. The topological polar surface area (TPSA) is 98.6 Å². The molecular weight excluding hydrogens is 524 g/mol. The molecule has 0 bridgehead atoms. The van der Waals surface area contributed by atoms with Gasteiger partial charge in [0, 0.05) is 16.3 Å². The van der Waals surface area contributed by atoms with E-state index in [1.165, 1.54) is 0 Å². The quantitative estimate of drug-likeness (QED) is 0.240. The first-order valence-corrected chi connectivity index (χ1v) is 13.6. The Morgan fingerprint density at radius 1 is 0.667 bits per heavy atom. The van der Waals surface area contributed by atoms with Crippen LogP contribution in [-0.2, 0) is 0 Å². The lowest BCUT2D eigenvalue weighted by molar-refractivity contribution is 0.459. The van der Waals surface area contributed by atoms with Gasteiger partial charge in [0.25, 0.3) is 0 Å². The Balaban J connectivity index is 1.45. The monoisotopic (exact) mass is 544 g/mol. The fraction of sp³-hybridized carbons (Fsp3) is 0. The number of hydrogen-bond acceptors (Lipinski definition) is 6. The normalized spacial score (nSPS) is 11.8. The van der Waals surface area contributed by atoms with Gasteiger partial charge in [0.2, 0.25) is 5.89 Å². The second-order valence-corrected chi connectivity index (χ2v) is 10.1. The van der Waals surface area contributed by atoms with Crippen molar-refractivity contribution in [3.05, 3.63) is 115 Å².